The van der Waals surface area contributed by atoms with Gasteiger partial charge in [0.15, 0.2) is 0 Å². The van der Waals surface area contributed by atoms with E-state index in [2.05, 4.69) is 19.1 Å². The Morgan fingerprint density at radius 3 is 1.52 bits per heavy atom. The number of rotatable bonds is 12. The van der Waals surface area contributed by atoms with E-state index in [1.54, 1.807) is 0 Å². The molecule has 0 amide bonds. The molecule has 6 N–H and O–H groups in total. The highest BCUT2D eigenvalue weighted by atomic mass is 16.5. The van der Waals surface area contributed by atoms with Crippen molar-refractivity contribution in [3.8, 4) is 11.5 Å². The Morgan fingerprint density at radius 1 is 0.667 bits per heavy atom. The second-order valence-corrected chi connectivity index (χ2v) is 8.07. The van der Waals surface area contributed by atoms with Crippen LogP contribution in [-0.2, 0) is 19.6 Å². The molecule has 0 saturated heterocycles. The Morgan fingerprint density at radius 2 is 1.12 bits per heavy atom. The third-order valence-corrected chi connectivity index (χ3v) is 5.35. The van der Waals surface area contributed by atoms with Gasteiger partial charge in [0, 0.05) is 17.2 Å². The highest BCUT2D eigenvalue weighted by molar-refractivity contribution is 5.95. The third-order valence-electron chi connectivity index (χ3n) is 5.35. The first-order valence-electron chi connectivity index (χ1n) is 11.2. The maximum Gasteiger partial charge on any atom is 0.123 e. The van der Waals surface area contributed by atoms with Gasteiger partial charge in [0.2, 0.25) is 0 Å². The lowest BCUT2D eigenvalue weighted by atomic mass is 10.1. The molecule has 0 heterocycles. The summed E-state index contributed by atoms with van der Waals surface area (Å²) in [5.74, 6) is 1.64. The van der Waals surface area contributed by atoms with Gasteiger partial charge in [0.25, 0.3) is 0 Å². The summed E-state index contributed by atoms with van der Waals surface area (Å²) >= 11 is 0. The molecule has 0 atom stereocenters. The van der Waals surface area contributed by atoms with Gasteiger partial charge in [-0.2, -0.15) is 0 Å². The van der Waals surface area contributed by atoms with Crippen molar-refractivity contribution >= 4 is 11.7 Å². The van der Waals surface area contributed by atoms with E-state index in [1.807, 2.05) is 54.6 Å². The minimum Gasteiger partial charge on any atom is -0.489 e. The lowest BCUT2D eigenvalue weighted by molar-refractivity contribution is 0.289. The van der Waals surface area contributed by atoms with E-state index in [-0.39, 0.29) is 11.7 Å². The van der Waals surface area contributed by atoms with Gasteiger partial charge in [-0.3, -0.25) is 10.8 Å². The smallest absolute Gasteiger partial charge is 0.123 e. The van der Waals surface area contributed by atoms with Gasteiger partial charge in [-0.25, -0.2) is 0 Å². The zero-order valence-corrected chi connectivity index (χ0v) is 19.1. The summed E-state index contributed by atoms with van der Waals surface area (Å²) in [7, 11) is 0. The fourth-order valence-electron chi connectivity index (χ4n) is 3.42. The molecule has 0 unspecified atom stereocenters. The van der Waals surface area contributed by atoms with Crippen LogP contribution in [0.2, 0.25) is 0 Å². The Kier molecular flexibility index (Phi) is 8.47. The molecule has 0 spiro atoms. The van der Waals surface area contributed by atoms with E-state index in [0.717, 1.165) is 35.5 Å². The first-order chi connectivity index (χ1) is 15.9. The molecule has 3 rings (SSSR count). The molecule has 0 aliphatic rings. The number of hydrogen-bond acceptors (Lipinski definition) is 4. The van der Waals surface area contributed by atoms with Crippen LogP contribution in [0.15, 0.2) is 66.7 Å². The number of nitrogens with two attached hydrogens (primary N) is 2. The van der Waals surface area contributed by atoms with Gasteiger partial charge in [0.1, 0.15) is 36.4 Å². The standard InChI is InChI=1S/C27H32N4O2/c1-2-3-4-5-21-14-24(32-17-19-6-10-22(11-7-19)26(28)29)16-25(15-21)33-18-20-8-12-23(13-9-20)27(30)31/h6-16H,2-5,17-18H2,1H3,(H3,28,29)(H3,30,31). The topological polar surface area (TPSA) is 118 Å². The molecule has 6 nitrogen and oxygen atoms in total. The van der Waals surface area contributed by atoms with E-state index in [4.69, 9.17) is 31.8 Å². The number of benzene rings is 3. The monoisotopic (exact) mass is 444 g/mol. The van der Waals surface area contributed by atoms with Gasteiger partial charge in [-0.15, -0.1) is 0 Å². The summed E-state index contributed by atoms with van der Waals surface area (Å²) in [6.07, 6.45) is 4.46. The van der Waals surface area contributed by atoms with Crippen LogP contribution in [0.3, 0.4) is 0 Å². The van der Waals surface area contributed by atoms with Crippen molar-refractivity contribution in [3.63, 3.8) is 0 Å². The van der Waals surface area contributed by atoms with Crippen molar-refractivity contribution in [1.29, 1.82) is 10.8 Å². The molecular weight excluding hydrogens is 412 g/mol. The number of unbranched alkanes of at least 4 members (excludes halogenated alkanes) is 2. The van der Waals surface area contributed by atoms with Crippen LogP contribution in [0.25, 0.3) is 0 Å². The molecule has 0 aliphatic carbocycles. The second kappa shape index (κ2) is 11.7. The summed E-state index contributed by atoms with van der Waals surface area (Å²) in [4.78, 5) is 0. The largest absolute Gasteiger partial charge is 0.489 e. The van der Waals surface area contributed by atoms with Gasteiger partial charge >= 0.3 is 0 Å². The van der Waals surface area contributed by atoms with Crippen LogP contribution in [0.4, 0.5) is 0 Å². The number of amidine groups is 2. The van der Waals surface area contributed by atoms with Crippen molar-refractivity contribution in [2.75, 3.05) is 0 Å². The average Bonchev–Trinajstić information content (AvgIpc) is 2.82. The fraction of sp³-hybridized carbons (Fsp3) is 0.259. The molecule has 172 valence electrons. The molecule has 3 aromatic rings. The van der Waals surface area contributed by atoms with E-state index >= 15 is 0 Å². The summed E-state index contributed by atoms with van der Waals surface area (Å²) in [5, 5.41) is 15.0. The highest BCUT2D eigenvalue weighted by Crippen LogP contribution is 2.26. The molecule has 0 aliphatic heterocycles. The molecule has 6 heteroatoms. The SMILES string of the molecule is CCCCCc1cc(OCc2ccc(C(=N)N)cc2)cc(OCc2ccc(C(=N)N)cc2)c1. The van der Waals surface area contributed by atoms with E-state index < -0.39 is 0 Å². The minimum atomic E-state index is 0.0555. The summed E-state index contributed by atoms with van der Waals surface area (Å²) in [5.41, 5.74) is 15.6. The predicted octanol–water partition coefficient (Wildman–Crippen LogP) is 5.15. The van der Waals surface area contributed by atoms with E-state index in [9.17, 15) is 0 Å². The van der Waals surface area contributed by atoms with Crippen molar-refractivity contribution in [3.05, 3.63) is 94.5 Å². The van der Waals surface area contributed by atoms with E-state index in [0.29, 0.717) is 24.3 Å². The first-order valence-corrected chi connectivity index (χ1v) is 11.2. The zero-order chi connectivity index (χ0) is 23.6. The normalized spacial score (nSPS) is 10.6. The van der Waals surface area contributed by atoms with Crippen LogP contribution >= 0.6 is 0 Å². The number of hydrogen-bond donors (Lipinski definition) is 4. The van der Waals surface area contributed by atoms with Gasteiger partial charge < -0.3 is 20.9 Å². The molecular formula is C27H32N4O2. The van der Waals surface area contributed by atoms with Crippen LogP contribution in [0, 0.1) is 10.8 Å². The second-order valence-electron chi connectivity index (χ2n) is 8.07. The Labute approximate surface area is 195 Å². The van der Waals surface area contributed by atoms with Crippen molar-refractivity contribution in [1.82, 2.24) is 0 Å². The number of nitrogens with one attached hydrogen (secondary N) is 2. The Bertz CT molecular complexity index is 997. The average molecular weight is 445 g/mol. The molecule has 0 bridgehead atoms. The van der Waals surface area contributed by atoms with Crippen molar-refractivity contribution < 1.29 is 9.47 Å². The highest BCUT2D eigenvalue weighted by Gasteiger charge is 2.06. The zero-order valence-electron chi connectivity index (χ0n) is 19.1. The summed E-state index contributed by atoms with van der Waals surface area (Å²) in [6.45, 7) is 3.04. The molecule has 0 radical (unpaired) electrons. The van der Waals surface area contributed by atoms with Crippen LogP contribution in [-0.4, -0.2) is 11.7 Å². The molecule has 33 heavy (non-hydrogen) atoms. The summed E-state index contributed by atoms with van der Waals surface area (Å²) in [6, 6.07) is 21.1. The number of ether oxygens (including phenoxy) is 2. The van der Waals surface area contributed by atoms with Gasteiger partial charge in [-0.1, -0.05) is 68.3 Å². The Balaban J connectivity index is 1.69. The molecule has 0 fully saturated rings. The number of aryl methyl sites for hydroxylation is 1. The molecule has 3 aromatic carbocycles. The quantitative estimate of drug-likeness (QED) is 0.176. The molecule has 0 saturated carbocycles. The fourth-order valence-corrected chi connectivity index (χ4v) is 3.42. The van der Waals surface area contributed by atoms with E-state index in [1.165, 1.54) is 18.4 Å². The maximum atomic E-state index is 7.51. The maximum absolute atomic E-state index is 7.51. The lowest BCUT2D eigenvalue weighted by Crippen LogP contribution is -2.10. The number of nitrogen functional groups attached to an aromatic ring is 2. The van der Waals surface area contributed by atoms with Crippen molar-refractivity contribution in [2.45, 2.75) is 45.8 Å². The molecule has 0 aromatic heterocycles. The first kappa shape index (κ1) is 23.9. The lowest BCUT2D eigenvalue weighted by Gasteiger charge is -2.13. The summed E-state index contributed by atoms with van der Waals surface area (Å²) < 4.78 is 12.1. The predicted molar refractivity (Wildman–Crippen MR) is 133 cm³/mol. The van der Waals surface area contributed by atoms with Crippen molar-refractivity contribution in [2.24, 2.45) is 11.5 Å². The van der Waals surface area contributed by atoms with Crippen LogP contribution < -0.4 is 20.9 Å². The van der Waals surface area contributed by atoms with Crippen LogP contribution in [0.1, 0.15) is 54.0 Å². The van der Waals surface area contributed by atoms with Crippen LogP contribution in [0.5, 0.6) is 11.5 Å². The minimum absolute atomic E-state index is 0.0555. The van der Waals surface area contributed by atoms with Gasteiger partial charge in [0.05, 0.1) is 0 Å². The van der Waals surface area contributed by atoms with Gasteiger partial charge in [-0.05, 0) is 41.7 Å². The Hall–Kier alpha value is -3.80. The third kappa shape index (κ3) is 7.38.